The van der Waals surface area contributed by atoms with Crippen molar-refractivity contribution in [1.82, 2.24) is 9.47 Å². The predicted octanol–water partition coefficient (Wildman–Crippen LogP) is 3.39. The minimum Gasteiger partial charge on any atom is -0.484 e. The number of carbonyl (C=O) groups excluding carboxylic acids is 2. The number of pyridine rings is 1. The van der Waals surface area contributed by atoms with Gasteiger partial charge < -0.3 is 24.8 Å². The highest BCUT2D eigenvalue weighted by molar-refractivity contribution is 5.99. The van der Waals surface area contributed by atoms with Gasteiger partial charge in [-0.15, -0.1) is 0 Å². The number of hydrogen-bond donors (Lipinski definition) is 2. The van der Waals surface area contributed by atoms with Gasteiger partial charge in [-0.1, -0.05) is 24.3 Å². The van der Waals surface area contributed by atoms with Crippen LogP contribution in [0.1, 0.15) is 23.6 Å². The average molecular weight is 484 g/mol. The summed E-state index contributed by atoms with van der Waals surface area (Å²) in [4.78, 5) is 40.3. The summed E-state index contributed by atoms with van der Waals surface area (Å²) in [5.41, 5.74) is 1.66. The largest absolute Gasteiger partial charge is 0.484 e. The van der Waals surface area contributed by atoms with Gasteiger partial charge in [-0.25, -0.2) is 4.79 Å². The van der Waals surface area contributed by atoms with Crippen molar-refractivity contribution in [2.24, 2.45) is 5.92 Å². The normalized spacial score (nSPS) is 17.9. The minimum absolute atomic E-state index is 0.0223. The second kappa shape index (κ2) is 9.96. The van der Waals surface area contributed by atoms with Crippen LogP contribution in [0.15, 0.2) is 71.5 Å². The van der Waals surface area contributed by atoms with E-state index in [1.165, 1.54) is 0 Å². The fourth-order valence-corrected chi connectivity index (χ4v) is 4.95. The number of benzene rings is 2. The molecule has 36 heavy (non-hydrogen) atoms. The molecule has 0 radical (unpaired) electrons. The summed E-state index contributed by atoms with van der Waals surface area (Å²) < 4.78 is 7.35. The van der Waals surface area contributed by atoms with Crippen LogP contribution in [0.3, 0.4) is 0 Å². The number of likely N-dealkylation sites (tertiary alicyclic amines) is 1. The molecular weight excluding hydrogens is 458 g/mol. The zero-order valence-corrected chi connectivity index (χ0v) is 19.5. The van der Waals surface area contributed by atoms with Crippen LogP contribution in [0.2, 0.25) is 0 Å². The molecule has 0 spiro atoms. The Morgan fingerprint density at radius 3 is 2.64 bits per heavy atom. The summed E-state index contributed by atoms with van der Waals surface area (Å²) in [5, 5.41) is 14.3. The van der Waals surface area contributed by atoms with Crippen LogP contribution in [0.4, 0.5) is 16.2 Å². The highest BCUT2D eigenvalue weighted by atomic mass is 16.5. The van der Waals surface area contributed by atoms with Crippen molar-refractivity contribution in [2.75, 3.05) is 30.3 Å². The molecule has 3 aromatic rings. The maximum absolute atomic E-state index is 13.2. The maximum atomic E-state index is 13.2. The van der Waals surface area contributed by atoms with Gasteiger partial charge in [0.25, 0.3) is 11.5 Å². The smallest absolute Gasteiger partial charge is 0.323 e. The molecule has 3 heterocycles. The number of anilines is 2. The van der Waals surface area contributed by atoms with Crippen LogP contribution in [0.25, 0.3) is 0 Å². The number of amides is 3. The Morgan fingerprint density at radius 2 is 1.83 bits per heavy atom. The van der Waals surface area contributed by atoms with Crippen molar-refractivity contribution in [2.45, 2.75) is 18.9 Å². The lowest BCUT2D eigenvalue weighted by Gasteiger charge is -2.42. The molecule has 0 aliphatic carbocycles. The summed E-state index contributed by atoms with van der Waals surface area (Å²) >= 11 is 0. The summed E-state index contributed by atoms with van der Waals surface area (Å²) in [6, 6.07) is 20.7. The molecule has 1 saturated heterocycles. The van der Waals surface area contributed by atoms with Gasteiger partial charge in [0, 0.05) is 36.9 Å². The van der Waals surface area contributed by atoms with E-state index < -0.39 is 6.03 Å². The number of carbonyl (C=O) groups is 2. The van der Waals surface area contributed by atoms with Gasteiger partial charge in [0.05, 0.1) is 11.6 Å². The first-order chi connectivity index (χ1) is 17.5. The molecule has 2 aliphatic heterocycles. The first kappa shape index (κ1) is 23.2. The summed E-state index contributed by atoms with van der Waals surface area (Å²) in [6.45, 7) is 1.54. The molecule has 0 unspecified atom stereocenters. The lowest BCUT2D eigenvalue weighted by atomic mass is 9.83. The SMILES string of the molecule is N#Cc1cccc(NC(=O)Nc2ccc3n(c2=O)C[C@@H]2C[C@@H]3CN(C(=O)COc3ccccc3)C2)c1. The quantitative estimate of drug-likeness (QED) is 0.577. The molecule has 2 aromatic carbocycles. The highest BCUT2D eigenvalue weighted by Crippen LogP contribution is 2.35. The Hall–Kier alpha value is -4.58. The van der Waals surface area contributed by atoms with Crippen molar-refractivity contribution in [3.63, 3.8) is 0 Å². The van der Waals surface area contributed by atoms with E-state index in [9.17, 15) is 14.4 Å². The third-order valence-corrected chi connectivity index (χ3v) is 6.56. The van der Waals surface area contributed by atoms with E-state index in [-0.39, 0.29) is 35.6 Å². The summed E-state index contributed by atoms with van der Waals surface area (Å²) in [6.07, 6.45) is 0.908. The predicted molar refractivity (Wildman–Crippen MR) is 134 cm³/mol. The van der Waals surface area contributed by atoms with Gasteiger partial charge in [0.2, 0.25) is 0 Å². The number of hydrogen-bond acceptors (Lipinski definition) is 5. The average Bonchev–Trinajstić information content (AvgIpc) is 2.89. The molecule has 2 atom stereocenters. The van der Waals surface area contributed by atoms with Gasteiger partial charge in [0.15, 0.2) is 6.61 Å². The Labute approximate surface area is 207 Å². The highest BCUT2D eigenvalue weighted by Gasteiger charge is 2.36. The Bertz CT molecular complexity index is 1400. The third-order valence-electron chi connectivity index (χ3n) is 6.56. The second-order valence-electron chi connectivity index (χ2n) is 9.06. The molecule has 1 fully saturated rings. The zero-order chi connectivity index (χ0) is 25.1. The van der Waals surface area contributed by atoms with Crippen LogP contribution >= 0.6 is 0 Å². The molecular formula is C27H25N5O4. The van der Waals surface area contributed by atoms with E-state index >= 15 is 0 Å². The molecule has 5 rings (SSSR count). The molecule has 1 aromatic heterocycles. The molecule has 0 saturated carbocycles. The minimum atomic E-state index is -0.561. The first-order valence-corrected chi connectivity index (χ1v) is 11.8. The zero-order valence-electron chi connectivity index (χ0n) is 19.5. The van der Waals surface area contributed by atoms with Crippen LogP contribution in [0, 0.1) is 17.2 Å². The monoisotopic (exact) mass is 483 g/mol. The van der Waals surface area contributed by atoms with E-state index in [1.807, 2.05) is 47.4 Å². The molecule has 2 bridgehead atoms. The van der Waals surface area contributed by atoms with Crippen molar-refractivity contribution < 1.29 is 14.3 Å². The molecule has 2 N–H and O–H groups in total. The topological polar surface area (TPSA) is 116 Å². The number of nitriles is 1. The second-order valence-corrected chi connectivity index (χ2v) is 9.06. The number of rotatable bonds is 5. The van der Waals surface area contributed by atoms with Crippen LogP contribution < -0.4 is 20.9 Å². The Morgan fingerprint density at radius 1 is 1.00 bits per heavy atom. The van der Waals surface area contributed by atoms with Gasteiger partial charge in [-0.3, -0.25) is 9.59 Å². The summed E-state index contributed by atoms with van der Waals surface area (Å²) in [5.74, 6) is 0.774. The summed E-state index contributed by atoms with van der Waals surface area (Å²) in [7, 11) is 0. The molecule has 182 valence electrons. The van der Waals surface area contributed by atoms with Crippen molar-refractivity contribution in [1.29, 1.82) is 5.26 Å². The Kier molecular flexibility index (Phi) is 6.41. The van der Waals surface area contributed by atoms with Crippen LogP contribution in [-0.2, 0) is 11.3 Å². The standard InChI is InChI=1S/C27H25N5O4/c28-13-18-5-4-6-21(12-18)29-27(35)30-23-9-10-24-20-11-19(15-32(24)26(23)34)14-31(16-20)25(33)17-36-22-7-2-1-3-8-22/h1-10,12,19-20H,11,14-17H2,(H2,29,30,35)/t19-,20-/m1/s1. The van der Waals surface area contributed by atoms with Gasteiger partial charge in [0.1, 0.15) is 11.4 Å². The first-order valence-electron chi connectivity index (χ1n) is 11.8. The fourth-order valence-electron chi connectivity index (χ4n) is 4.95. The van der Waals surface area contributed by atoms with E-state index in [0.717, 1.165) is 12.1 Å². The van der Waals surface area contributed by atoms with E-state index in [0.29, 0.717) is 36.6 Å². The van der Waals surface area contributed by atoms with Gasteiger partial charge >= 0.3 is 6.03 Å². The van der Waals surface area contributed by atoms with Crippen LogP contribution in [0.5, 0.6) is 5.75 Å². The Balaban J connectivity index is 1.25. The number of para-hydroxylation sites is 1. The van der Waals surface area contributed by atoms with E-state index in [2.05, 4.69) is 10.6 Å². The van der Waals surface area contributed by atoms with E-state index in [1.54, 1.807) is 34.9 Å². The molecule has 9 nitrogen and oxygen atoms in total. The maximum Gasteiger partial charge on any atom is 0.323 e. The van der Waals surface area contributed by atoms with Gasteiger partial charge in [-0.2, -0.15) is 5.26 Å². The number of fused-ring (bicyclic) bond motifs is 4. The molecule has 3 amide bonds. The van der Waals surface area contributed by atoms with Crippen molar-refractivity contribution in [3.05, 3.63) is 88.3 Å². The fraction of sp³-hybridized carbons (Fsp3) is 0.259. The third kappa shape index (κ3) is 4.93. The molecule has 9 heteroatoms. The van der Waals surface area contributed by atoms with Crippen molar-refractivity contribution in [3.8, 4) is 11.8 Å². The van der Waals surface area contributed by atoms with Crippen molar-refractivity contribution >= 4 is 23.3 Å². The number of nitrogens with one attached hydrogen (secondary N) is 2. The van der Waals surface area contributed by atoms with E-state index in [4.69, 9.17) is 10.00 Å². The number of nitrogens with zero attached hydrogens (tertiary/aromatic N) is 3. The number of piperidine rings is 1. The number of aromatic nitrogens is 1. The number of ether oxygens (including phenoxy) is 1. The molecule has 2 aliphatic rings. The van der Waals surface area contributed by atoms with Gasteiger partial charge in [-0.05, 0) is 54.8 Å². The lowest BCUT2D eigenvalue weighted by molar-refractivity contribution is -0.136. The number of urea groups is 1. The lowest BCUT2D eigenvalue weighted by Crippen LogP contribution is -2.50. The van der Waals surface area contributed by atoms with Crippen LogP contribution in [-0.4, -0.2) is 41.1 Å².